The minimum Gasteiger partial charge on any atom is -0.507 e. The Balaban J connectivity index is 1.61. The van der Waals surface area contributed by atoms with Crippen LogP contribution >= 0.6 is 0 Å². The topological polar surface area (TPSA) is 51.0 Å². The number of phenolic OH excluding ortho intramolecular Hbond substituents is 1. The van der Waals surface area contributed by atoms with Crippen LogP contribution in [0.5, 0.6) is 11.5 Å². The molecule has 21 heavy (non-hydrogen) atoms. The molecular weight excluding hydrogens is 266 g/mol. The second-order valence-electron chi connectivity index (χ2n) is 6.31. The lowest BCUT2D eigenvalue weighted by molar-refractivity contribution is -0.940. The molecule has 0 bridgehead atoms. The van der Waals surface area contributed by atoms with Crippen LogP contribution in [0.4, 0.5) is 0 Å². The molecule has 0 aromatic heterocycles. The quantitative estimate of drug-likeness (QED) is 0.825. The van der Waals surface area contributed by atoms with Gasteiger partial charge in [0, 0.05) is 12.0 Å². The monoisotopic (exact) mass is 290 g/mol. The van der Waals surface area contributed by atoms with Crippen LogP contribution in [0, 0.1) is 5.92 Å². The number of quaternary nitrogens is 1. The minimum atomic E-state index is -0.00365. The van der Waals surface area contributed by atoms with Gasteiger partial charge in [-0.2, -0.15) is 0 Å². The summed E-state index contributed by atoms with van der Waals surface area (Å²) >= 11 is 0. The molecule has 114 valence electrons. The molecule has 1 aromatic carbocycles. The van der Waals surface area contributed by atoms with Gasteiger partial charge in [-0.1, -0.05) is 0 Å². The summed E-state index contributed by atoms with van der Waals surface area (Å²) < 4.78 is 5.89. The summed E-state index contributed by atoms with van der Waals surface area (Å²) in [4.78, 5) is 12.5. The lowest BCUT2D eigenvalue weighted by Gasteiger charge is -2.41. The Labute approximate surface area is 125 Å². The fourth-order valence-electron chi connectivity index (χ4n) is 3.89. The molecule has 0 aliphatic carbocycles. The number of benzene rings is 1. The molecule has 2 N–H and O–H groups in total. The molecule has 1 aromatic rings. The summed E-state index contributed by atoms with van der Waals surface area (Å²) in [5, 5.41) is 9.70. The summed E-state index contributed by atoms with van der Waals surface area (Å²) in [7, 11) is 0. The number of rotatable bonds is 4. The van der Waals surface area contributed by atoms with Gasteiger partial charge in [0.2, 0.25) is 0 Å². The summed E-state index contributed by atoms with van der Waals surface area (Å²) in [6.07, 6.45) is 7.21. The van der Waals surface area contributed by atoms with Crippen molar-refractivity contribution in [1.82, 2.24) is 0 Å². The molecule has 4 heteroatoms. The van der Waals surface area contributed by atoms with E-state index in [-0.39, 0.29) is 5.75 Å². The Morgan fingerprint density at radius 3 is 2.90 bits per heavy atom. The van der Waals surface area contributed by atoms with Gasteiger partial charge < -0.3 is 14.7 Å². The van der Waals surface area contributed by atoms with Crippen molar-refractivity contribution in [3.05, 3.63) is 23.8 Å². The minimum absolute atomic E-state index is 0.00365. The predicted octanol–water partition coefficient (Wildman–Crippen LogP) is 1.43. The third-order valence-corrected chi connectivity index (χ3v) is 5.02. The fourth-order valence-corrected chi connectivity index (χ4v) is 3.89. The standard InChI is InChI=1S/C17H23NO3/c19-11-13-6-7-15(10-17(13)20)21-12-14-4-3-9-18-8-2-1-5-16(14)18/h6-7,10-11,14,16,20H,1-5,8-9,12H2/p+1/t14-,16+/m1/s1. The average Bonchev–Trinajstić information content (AvgIpc) is 2.53. The number of aldehydes is 1. The lowest BCUT2D eigenvalue weighted by Crippen LogP contribution is -3.18. The van der Waals surface area contributed by atoms with E-state index in [1.165, 1.54) is 51.3 Å². The molecule has 2 aliphatic rings. The SMILES string of the molecule is O=Cc1ccc(OC[C@H]2CCC[NH+]3CCCC[C@@H]23)cc1O. The first-order chi connectivity index (χ1) is 10.3. The van der Waals surface area contributed by atoms with Crippen molar-refractivity contribution in [2.24, 2.45) is 5.92 Å². The zero-order valence-electron chi connectivity index (χ0n) is 12.4. The van der Waals surface area contributed by atoms with E-state index < -0.39 is 0 Å². The maximum Gasteiger partial charge on any atom is 0.153 e. The molecule has 4 nitrogen and oxygen atoms in total. The van der Waals surface area contributed by atoms with Gasteiger partial charge in [-0.05, 0) is 44.2 Å². The van der Waals surface area contributed by atoms with Crippen molar-refractivity contribution >= 4 is 6.29 Å². The second kappa shape index (κ2) is 6.48. The van der Waals surface area contributed by atoms with E-state index in [0.717, 1.165) is 6.04 Å². The second-order valence-corrected chi connectivity index (χ2v) is 6.31. The van der Waals surface area contributed by atoms with Crippen molar-refractivity contribution in [1.29, 1.82) is 0 Å². The molecule has 3 rings (SSSR count). The van der Waals surface area contributed by atoms with Gasteiger partial charge in [0.25, 0.3) is 0 Å². The first-order valence-corrected chi connectivity index (χ1v) is 8.03. The molecule has 2 aliphatic heterocycles. The van der Waals surface area contributed by atoms with E-state index in [1.807, 2.05) is 0 Å². The first-order valence-electron chi connectivity index (χ1n) is 8.03. The van der Waals surface area contributed by atoms with E-state index in [2.05, 4.69) is 0 Å². The molecular formula is C17H24NO3+. The molecule has 0 amide bonds. The maximum absolute atomic E-state index is 10.7. The van der Waals surface area contributed by atoms with Crippen LogP contribution in [0.2, 0.25) is 0 Å². The van der Waals surface area contributed by atoms with E-state index >= 15 is 0 Å². The summed E-state index contributed by atoms with van der Waals surface area (Å²) in [6, 6.07) is 5.65. The molecule has 0 radical (unpaired) electrons. The van der Waals surface area contributed by atoms with Gasteiger partial charge in [0.1, 0.15) is 11.5 Å². The van der Waals surface area contributed by atoms with E-state index in [1.54, 1.807) is 17.0 Å². The van der Waals surface area contributed by atoms with Gasteiger partial charge in [-0.25, -0.2) is 0 Å². The van der Waals surface area contributed by atoms with Gasteiger partial charge in [0.15, 0.2) is 6.29 Å². The van der Waals surface area contributed by atoms with Crippen molar-refractivity contribution in [3.63, 3.8) is 0 Å². The summed E-state index contributed by atoms with van der Waals surface area (Å²) in [5.74, 6) is 1.26. The highest BCUT2D eigenvalue weighted by Gasteiger charge is 2.36. The number of carbonyl (C=O) groups is 1. The number of ether oxygens (including phenoxy) is 1. The zero-order valence-corrected chi connectivity index (χ0v) is 12.4. The van der Waals surface area contributed by atoms with Crippen molar-refractivity contribution in [2.75, 3.05) is 19.7 Å². The number of phenols is 1. The Hall–Kier alpha value is -1.55. The average molecular weight is 290 g/mol. The number of piperidine rings is 2. The van der Waals surface area contributed by atoms with Crippen LogP contribution in [-0.4, -0.2) is 37.1 Å². The van der Waals surface area contributed by atoms with Crippen LogP contribution in [0.1, 0.15) is 42.5 Å². The van der Waals surface area contributed by atoms with Crippen LogP contribution in [0.3, 0.4) is 0 Å². The van der Waals surface area contributed by atoms with Gasteiger partial charge >= 0.3 is 0 Å². The number of fused-ring (bicyclic) bond motifs is 1. The molecule has 3 atom stereocenters. The highest BCUT2D eigenvalue weighted by atomic mass is 16.5. The number of nitrogens with one attached hydrogen (secondary N) is 1. The van der Waals surface area contributed by atoms with Crippen LogP contribution in [0.15, 0.2) is 18.2 Å². The smallest absolute Gasteiger partial charge is 0.153 e. The Bertz CT molecular complexity index is 501. The Morgan fingerprint density at radius 1 is 1.24 bits per heavy atom. The Morgan fingerprint density at radius 2 is 2.10 bits per heavy atom. The Kier molecular flexibility index (Phi) is 4.44. The number of aromatic hydroxyl groups is 1. The van der Waals surface area contributed by atoms with Gasteiger partial charge in [-0.3, -0.25) is 4.79 Å². The normalized spacial score (nSPS) is 28.7. The number of carbonyl (C=O) groups excluding carboxylic acids is 1. The predicted molar refractivity (Wildman–Crippen MR) is 80.0 cm³/mol. The van der Waals surface area contributed by atoms with Crippen molar-refractivity contribution < 1.29 is 19.5 Å². The highest BCUT2D eigenvalue weighted by molar-refractivity contribution is 5.79. The molecule has 0 spiro atoms. The highest BCUT2D eigenvalue weighted by Crippen LogP contribution is 2.25. The summed E-state index contributed by atoms with van der Waals surface area (Å²) in [5.41, 5.74) is 0.308. The molecule has 2 saturated heterocycles. The zero-order chi connectivity index (χ0) is 14.7. The lowest BCUT2D eigenvalue weighted by atomic mass is 9.84. The third kappa shape index (κ3) is 3.21. The van der Waals surface area contributed by atoms with E-state index in [4.69, 9.17) is 4.74 Å². The van der Waals surface area contributed by atoms with Crippen molar-refractivity contribution in [2.45, 2.75) is 38.1 Å². The molecule has 0 saturated carbocycles. The molecule has 2 fully saturated rings. The first kappa shape index (κ1) is 14.4. The van der Waals surface area contributed by atoms with Gasteiger partial charge in [-0.15, -0.1) is 0 Å². The fraction of sp³-hybridized carbons (Fsp3) is 0.588. The van der Waals surface area contributed by atoms with E-state index in [0.29, 0.717) is 30.1 Å². The molecule has 1 unspecified atom stereocenters. The molecule has 2 heterocycles. The number of hydrogen-bond acceptors (Lipinski definition) is 3. The van der Waals surface area contributed by atoms with Crippen LogP contribution in [0.25, 0.3) is 0 Å². The van der Waals surface area contributed by atoms with Crippen LogP contribution < -0.4 is 9.64 Å². The van der Waals surface area contributed by atoms with E-state index in [9.17, 15) is 9.90 Å². The maximum atomic E-state index is 10.7. The number of hydrogen-bond donors (Lipinski definition) is 2. The summed E-state index contributed by atoms with van der Waals surface area (Å²) in [6.45, 7) is 3.35. The van der Waals surface area contributed by atoms with Crippen LogP contribution in [-0.2, 0) is 0 Å². The van der Waals surface area contributed by atoms with Gasteiger partial charge in [0.05, 0.1) is 31.3 Å². The third-order valence-electron chi connectivity index (χ3n) is 5.02. The van der Waals surface area contributed by atoms with Crippen molar-refractivity contribution in [3.8, 4) is 11.5 Å². The largest absolute Gasteiger partial charge is 0.507 e.